The van der Waals surface area contributed by atoms with Gasteiger partial charge in [0.15, 0.2) is 5.82 Å². The highest BCUT2D eigenvalue weighted by atomic mass is 15.5. The van der Waals surface area contributed by atoms with Gasteiger partial charge in [0.05, 0.1) is 17.5 Å². The first-order chi connectivity index (χ1) is 12.4. The van der Waals surface area contributed by atoms with E-state index in [0.29, 0.717) is 5.82 Å². The molecule has 6 heteroatoms. The van der Waals surface area contributed by atoms with Crippen molar-refractivity contribution in [3.8, 4) is 22.8 Å². The van der Waals surface area contributed by atoms with Crippen molar-refractivity contribution in [1.82, 2.24) is 30.6 Å². The van der Waals surface area contributed by atoms with Crippen LogP contribution in [0.15, 0.2) is 12.1 Å². The number of nitrogens with zero attached hydrogens (tertiary/aromatic N) is 5. The maximum atomic E-state index is 4.94. The van der Waals surface area contributed by atoms with E-state index in [-0.39, 0.29) is 0 Å². The molecule has 125 valence electrons. The first-order valence-electron chi connectivity index (χ1n) is 9.07. The average Bonchev–Trinajstić information content (AvgIpc) is 3.21. The molecule has 0 atom stereocenters. The minimum Gasteiger partial charge on any atom is -0.251 e. The molecule has 25 heavy (non-hydrogen) atoms. The number of aromatic amines is 1. The topological polar surface area (TPSA) is 80.2 Å². The van der Waals surface area contributed by atoms with Crippen LogP contribution in [-0.2, 0) is 25.7 Å². The molecule has 0 spiro atoms. The van der Waals surface area contributed by atoms with Crippen LogP contribution in [0.25, 0.3) is 22.8 Å². The third-order valence-corrected chi connectivity index (χ3v) is 5.31. The number of nitrogens with one attached hydrogen (secondary N) is 1. The molecular formula is C19H19N6. The Labute approximate surface area is 146 Å². The standard InChI is InChI=1S/C19H19N6/c1-3-7-14-13(6-1)11-20-18(17(14)19-22-24-25-23-19)16-10-9-12-5-2-4-8-15(12)21-16/h9-10H,1-8H2,(H,22,23,24,25). The van der Waals surface area contributed by atoms with Crippen molar-refractivity contribution in [3.63, 3.8) is 0 Å². The van der Waals surface area contributed by atoms with Crippen LogP contribution >= 0.6 is 0 Å². The van der Waals surface area contributed by atoms with Gasteiger partial charge in [-0.25, -0.2) is 10.1 Å². The number of rotatable bonds is 2. The second-order valence-corrected chi connectivity index (χ2v) is 6.87. The number of hydrogen-bond donors (Lipinski definition) is 1. The third kappa shape index (κ3) is 2.52. The Morgan fingerprint density at radius 3 is 2.76 bits per heavy atom. The minimum atomic E-state index is 0.675. The van der Waals surface area contributed by atoms with Crippen molar-refractivity contribution in [3.05, 3.63) is 40.7 Å². The zero-order valence-corrected chi connectivity index (χ0v) is 14.0. The molecule has 0 unspecified atom stereocenters. The fraction of sp³-hybridized carbons (Fsp3) is 0.421. The van der Waals surface area contributed by atoms with Gasteiger partial charge in [-0.1, -0.05) is 6.07 Å². The van der Waals surface area contributed by atoms with Gasteiger partial charge >= 0.3 is 0 Å². The fourth-order valence-electron chi connectivity index (χ4n) is 4.05. The molecule has 0 bridgehead atoms. The molecule has 3 aromatic heterocycles. The van der Waals surface area contributed by atoms with E-state index in [2.05, 4.69) is 43.9 Å². The summed E-state index contributed by atoms with van der Waals surface area (Å²) in [4.78, 5) is 9.60. The lowest BCUT2D eigenvalue weighted by Crippen LogP contribution is -2.10. The van der Waals surface area contributed by atoms with Gasteiger partial charge in [-0.05, 0) is 84.6 Å². The van der Waals surface area contributed by atoms with Crippen LogP contribution in [0, 0.1) is 6.20 Å². The molecule has 2 aliphatic carbocycles. The summed E-state index contributed by atoms with van der Waals surface area (Å²) in [5.74, 6) is 0.675. The van der Waals surface area contributed by atoms with E-state index in [0.717, 1.165) is 42.6 Å². The molecule has 1 N–H and O–H groups in total. The van der Waals surface area contributed by atoms with Gasteiger partial charge in [0.1, 0.15) is 5.69 Å². The van der Waals surface area contributed by atoms with Gasteiger partial charge in [0.2, 0.25) is 0 Å². The number of aromatic nitrogens is 6. The van der Waals surface area contributed by atoms with E-state index in [1.807, 2.05) is 0 Å². The van der Waals surface area contributed by atoms with Gasteiger partial charge in [0.25, 0.3) is 0 Å². The maximum absolute atomic E-state index is 4.94. The van der Waals surface area contributed by atoms with Crippen LogP contribution in [0.4, 0.5) is 0 Å². The number of tetrazole rings is 1. The lowest BCUT2D eigenvalue weighted by Gasteiger charge is -2.20. The molecule has 0 aliphatic heterocycles. The van der Waals surface area contributed by atoms with Gasteiger partial charge in [-0.3, -0.25) is 4.98 Å². The van der Waals surface area contributed by atoms with E-state index in [4.69, 9.17) is 4.98 Å². The Hall–Kier alpha value is -2.63. The van der Waals surface area contributed by atoms with E-state index in [1.54, 1.807) is 0 Å². The maximum Gasteiger partial charge on any atom is 0.181 e. The number of fused-ring (bicyclic) bond motifs is 2. The number of H-pyrrole nitrogens is 1. The van der Waals surface area contributed by atoms with Crippen LogP contribution in [0.1, 0.15) is 48.1 Å². The van der Waals surface area contributed by atoms with E-state index < -0.39 is 0 Å². The van der Waals surface area contributed by atoms with Crippen LogP contribution < -0.4 is 0 Å². The number of pyridine rings is 2. The van der Waals surface area contributed by atoms with E-state index >= 15 is 0 Å². The summed E-state index contributed by atoms with van der Waals surface area (Å²) < 4.78 is 0. The predicted molar refractivity (Wildman–Crippen MR) is 92.8 cm³/mol. The zero-order valence-electron chi connectivity index (χ0n) is 14.0. The Balaban J connectivity index is 1.71. The number of hydrogen-bond acceptors (Lipinski definition) is 5. The Morgan fingerprint density at radius 1 is 0.960 bits per heavy atom. The largest absolute Gasteiger partial charge is 0.251 e. The average molecular weight is 331 g/mol. The number of aryl methyl sites for hydroxylation is 3. The molecular weight excluding hydrogens is 312 g/mol. The minimum absolute atomic E-state index is 0.675. The van der Waals surface area contributed by atoms with Gasteiger partial charge in [-0.15, -0.1) is 5.10 Å². The van der Waals surface area contributed by atoms with Crippen molar-refractivity contribution < 1.29 is 0 Å². The fourth-order valence-corrected chi connectivity index (χ4v) is 4.05. The molecule has 1 radical (unpaired) electrons. The van der Waals surface area contributed by atoms with Crippen molar-refractivity contribution in [2.45, 2.75) is 51.4 Å². The molecule has 0 saturated carbocycles. The molecule has 0 aromatic carbocycles. The lowest BCUT2D eigenvalue weighted by atomic mass is 9.87. The van der Waals surface area contributed by atoms with Crippen molar-refractivity contribution in [2.24, 2.45) is 0 Å². The Morgan fingerprint density at radius 2 is 1.84 bits per heavy atom. The first-order valence-corrected chi connectivity index (χ1v) is 9.07. The second-order valence-electron chi connectivity index (χ2n) is 6.87. The Bertz CT molecular complexity index is 916. The zero-order chi connectivity index (χ0) is 16.6. The summed E-state index contributed by atoms with van der Waals surface area (Å²) in [5.41, 5.74) is 7.80. The highest BCUT2D eigenvalue weighted by molar-refractivity contribution is 5.79. The van der Waals surface area contributed by atoms with Crippen LogP contribution in [0.2, 0.25) is 0 Å². The smallest absolute Gasteiger partial charge is 0.181 e. The van der Waals surface area contributed by atoms with Crippen molar-refractivity contribution in [1.29, 1.82) is 0 Å². The molecule has 3 aromatic rings. The molecule has 2 aliphatic rings. The normalized spacial score (nSPS) is 16.3. The van der Waals surface area contributed by atoms with E-state index in [9.17, 15) is 0 Å². The molecule has 0 amide bonds. The quantitative estimate of drug-likeness (QED) is 0.781. The predicted octanol–water partition coefficient (Wildman–Crippen LogP) is 2.88. The van der Waals surface area contributed by atoms with Crippen LogP contribution in [0.3, 0.4) is 0 Å². The summed E-state index contributed by atoms with van der Waals surface area (Å²) in [7, 11) is 0. The monoisotopic (exact) mass is 331 g/mol. The van der Waals surface area contributed by atoms with Gasteiger partial charge in [0, 0.05) is 5.69 Å². The molecule has 0 saturated heterocycles. The summed E-state index contributed by atoms with van der Waals surface area (Å²) >= 11 is 0. The molecule has 5 rings (SSSR count). The highest BCUT2D eigenvalue weighted by Gasteiger charge is 2.23. The summed E-state index contributed by atoms with van der Waals surface area (Å²) in [6.45, 7) is 0. The lowest BCUT2D eigenvalue weighted by molar-refractivity contribution is 0.668. The van der Waals surface area contributed by atoms with Gasteiger partial charge in [-0.2, -0.15) is 0 Å². The van der Waals surface area contributed by atoms with Crippen LogP contribution in [0.5, 0.6) is 0 Å². The Kier molecular flexibility index (Phi) is 3.54. The summed E-state index contributed by atoms with van der Waals surface area (Å²) in [6.07, 6.45) is 12.3. The van der Waals surface area contributed by atoms with Crippen LogP contribution in [-0.4, -0.2) is 30.6 Å². The summed E-state index contributed by atoms with van der Waals surface area (Å²) in [5, 5.41) is 14.6. The van der Waals surface area contributed by atoms with E-state index in [1.165, 1.54) is 48.1 Å². The van der Waals surface area contributed by atoms with Crippen molar-refractivity contribution in [2.75, 3.05) is 0 Å². The SMILES string of the molecule is [c]1nc(-c2ccc3c(n2)CCCC3)c(-c2nnn[nH]2)c2c1CCCC2. The summed E-state index contributed by atoms with van der Waals surface area (Å²) in [6, 6.07) is 4.29. The highest BCUT2D eigenvalue weighted by Crippen LogP contribution is 2.36. The van der Waals surface area contributed by atoms with Crippen molar-refractivity contribution >= 4 is 0 Å². The third-order valence-electron chi connectivity index (χ3n) is 5.31. The second kappa shape index (κ2) is 6.02. The molecule has 3 heterocycles. The van der Waals surface area contributed by atoms with Gasteiger partial charge < -0.3 is 0 Å². The molecule has 0 fully saturated rings. The first kappa shape index (κ1) is 14.7. The molecule has 6 nitrogen and oxygen atoms in total.